The van der Waals surface area contributed by atoms with E-state index in [2.05, 4.69) is 146 Å². The molecule has 0 N–H and O–H groups in total. The molecule has 0 saturated heterocycles. The zero-order chi connectivity index (χ0) is 28.4. The van der Waals surface area contributed by atoms with E-state index in [1.165, 1.54) is 52.2 Å². The Labute approximate surface area is 257 Å². The molecule has 4 aromatic carbocycles. The van der Waals surface area contributed by atoms with Crippen LogP contribution in [-0.2, 0) is 5.41 Å². The summed E-state index contributed by atoms with van der Waals surface area (Å²) in [6, 6.07) is 52.1. The van der Waals surface area contributed by atoms with Gasteiger partial charge in [0.2, 0.25) is 0 Å². The number of fused-ring (bicyclic) bond motifs is 5. The lowest BCUT2D eigenvalue weighted by Gasteiger charge is -2.32. The average molecular weight is 585 g/mol. The van der Waals surface area contributed by atoms with Crippen molar-refractivity contribution in [3.8, 4) is 32.3 Å². The summed E-state index contributed by atoms with van der Waals surface area (Å²) in [5.41, 5.74) is 8.20. The first-order valence-corrected chi connectivity index (χ1v) is 16.0. The van der Waals surface area contributed by atoms with Gasteiger partial charge in [-0.05, 0) is 81.6 Å². The first-order chi connectivity index (χ1) is 21.3. The van der Waals surface area contributed by atoms with Gasteiger partial charge >= 0.3 is 0 Å². The SMILES string of the molecule is c1cc(-c2cc3ccccc3s2)nc(C2(c3cccc(-c4cc5ccccc5s4)n3)c3ccccc3-c3ccccc32)c1. The van der Waals surface area contributed by atoms with E-state index in [1.807, 2.05) is 0 Å². The van der Waals surface area contributed by atoms with E-state index in [0.29, 0.717) is 0 Å². The summed E-state index contributed by atoms with van der Waals surface area (Å²) in [4.78, 5) is 13.3. The summed E-state index contributed by atoms with van der Waals surface area (Å²) in [6.07, 6.45) is 0. The van der Waals surface area contributed by atoms with E-state index in [-0.39, 0.29) is 0 Å². The van der Waals surface area contributed by atoms with Gasteiger partial charge in [-0.25, -0.2) is 0 Å². The maximum absolute atomic E-state index is 5.48. The molecule has 0 fully saturated rings. The van der Waals surface area contributed by atoms with Crippen LogP contribution in [0, 0.1) is 0 Å². The van der Waals surface area contributed by atoms with Gasteiger partial charge in [0.1, 0.15) is 5.41 Å². The lowest BCUT2D eigenvalue weighted by atomic mass is 9.72. The molecule has 0 aliphatic heterocycles. The van der Waals surface area contributed by atoms with Gasteiger partial charge in [0.15, 0.2) is 0 Å². The zero-order valence-electron chi connectivity index (χ0n) is 23.1. The molecule has 4 aromatic heterocycles. The van der Waals surface area contributed by atoms with Crippen molar-refractivity contribution >= 4 is 42.8 Å². The van der Waals surface area contributed by atoms with Crippen molar-refractivity contribution in [3.63, 3.8) is 0 Å². The molecule has 0 unspecified atom stereocenters. The van der Waals surface area contributed by atoms with Gasteiger partial charge in [-0.3, -0.25) is 9.97 Å². The van der Waals surface area contributed by atoms with Crippen molar-refractivity contribution in [2.24, 2.45) is 0 Å². The summed E-state index contributed by atoms with van der Waals surface area (Å²) in [5, 5.41) is 2.50. The van der Waals surface area contributed by atoms with Crippen LogP contribution in [0.1, 0.15) is 22.5 Å². The number of aromatic nitrogens is 2. The standard InChI is InChI=1S/C39H24N2S2/c1-7-19-33-25(11-1)23-35(42-33)31-17-9-21-37(40-31)39(29-15-5-3-13-27(29)28-14-4-6-16-30(28)39)38-22-10-18-32(41-38)36-24-26-12-2-8-20-34(26)43-36/h1-24H. The third-order valence-electron chi connectivity index (χ3n) is 8.57. The molecule has 0 spiro atoms. The molecule has 1 aliphatic carbocycles. The van der Waals surface area contributed by atoms with Crippen LogP contribution < -0.4 is 0 Å². The van der Waals surface area contributed by atoms with Crippen LogP contribution in [0.15, 0.2) is 146 Å². The molecule has 0 bridgehead atoms. The Balaban J connectivity index is 1.32. The zero-order valence-corrected chi connectivity index (χ0v) is 24.7. The second kappa shape index (κ2) is 9.56. The molecule has 4 heterocycles. The number of thiophene rings is 2. The highest BCUT2D eigenvalue weighted by Gasteiger charge is 2.48. The number of nitrogens with zero attached hydrogens (tertiary/aromatic N) is 2. The summed E-state index contributed by atoms with van der Waals surface area (Å²) in [5.74, 6) is 0. The fourth-order valence-electron chi connectivity index (χ4n) is 6.70. The van der Waals surface area contributed by atoms with Crippen molar-refractivity contribution in [1.82, 2.24) is 9.97 Å². The first-order valence-electron chi connectivity index (χ1n) is 14.4. The van der Waals surface area contributed by atoms with Gasteiger partial charge in [0.25, 0.3) is 0 Å². The van der Waals surface area contributed by atoms with E-state index in [0.717, 1.165) is 22.8 Å². The molecule has 43 heavy (non-hydrogen) atoms. The largest absolute Gasteiger partial charge is 0.250 e. The summed E-state index contributed by atoms with van der Waals surface area (Å²) < 4.78 is 2.54. The molecule has 0 radical (unpaired) electrons. The smallest absolute Gasteiger partial charge is 0.106 e. The van der Waals surface area contributed by atoms with Gasteiger partial charge in [0, 0.05) is 9.40 Å². The highest BCUT2D eigenvalue weighted by molar-refractivity contribution is 7.22. The van der Waals surface area contributed by atoms with Gasteiger partial charge < -0.3 is 0 Å². The van der Waals surface area contributed by atoms with Crippen molar-refractivity contribution in [3.05, 3.63) is 168 Å². The third kappa shape index (κ3) is 3.70. The van der Waals surface area contributed by atoms with E-state index in [9.17, 15) is 0 Å². The van der Waals surface area contributed by atoms with Crippen molar-refractivity contribution < 1.29 is 0 Å². The Morgan fingerprint density at radius 3 is 1.35 bits per heavy atom. The summed E-state index contributed by atoms with van der Waals surface area (Å²) in [7, 11) is 0. The maximum atomic E-state index is 5.48. The molecule has 202 valence electrons. The van der Waals surface area contributed by atoms with E-state index >= 15 is 0 Å². The van der Waals surface area contributed by atoms with Crippen LogP contribution in [0.4, 0.5) is 0 Å². The normalized spacial score (nSPS) is 13.3. The van der Waals surface area contributed by atoms with Crippen LogP contribution in [0.5, 0.6) is 0 Å². The Morgan fingerprint density at radius 1 is 0.419 bits per heavy atom. The number of hydrogen-bond donors (Lipinski definition) is 0. The van der Waals surface area contributed by atoms with Gasteiger partial charge in [-0.2, -0.15) is 0 Å². The minimum atomic E-state index is -0.660. The van der Waals surface area contributed by atoms with Crippen LogP contribution >= 0.6 is 22.7 Å². The minimum Gasteiger partial charge on any atom is -0.250 e. The second-order valence-corrected chi connectivity index (χ2v) is 13.1. The fraction of sp³-hybridized carbons (Fsp3) is 0.0256. The predicted octanol–water partition coefficient (Wildman–Crippen LogP) is 10.6. The third-order valence-corrected chi connectivity index (χ3v) is 10.9. The molecule has 4 heteroatoms. The highest BCUT2D eigenvalue weighted by Crippen LogP contribution is 2.55. The van der Waals surface area contributed by atoms with Crippen molar-refractivity contribution in [1.29, 1.82) is 0 Å². The van der Waals surface area contributed by atoms with Crippen LogP contribution in [0.2, 0.25) is 0 Å². The van der Waals surface area contributed by atoms with E-state index in [4.69, 9.17) is 9.97 Å². The lowest BCUT2D eigenvalue weighted by Crippen LogP contribution is -2.31. The molecular formula is C39H24N2S2. The first kappa shape index (κ1) is 24.7. The Bertz CT molecular complexity index is 2100. The fourth-order valence-corrected chi connectivity index (χ4v) is 8.76. The van der Waals surface area contributed by atoms with Gasteiger partial charge in [0.05, 0.1) is 32.5 Å². The van der Waals surface area contributed by atoms with E-state index < -0.39 is 5.41 Å². The molecule has 8 aromatic rings. The van der Waals surface area contributed by atoms with Gasteiger partial charge in [-0.15, -0.1) is 22.7 Å². The Morgan fingerprint density at radius 2 is 0.860 bits per heavy atom. The Kier molecular flexibility index (Phi) is 5.49. The monoisotopic (exact) mass is 584 g/mol. The molecule has 0 amide bonds. The molecule has 2 nitrogen and oxygen atoms in total. The molecule has 9 rings (SSSR count). The highest BCUT2D eigenvalue weighted by atomic mass is 32.1. The number of hydrogen-bond acceptors (Lipinski definition) is 4. The van der Waals surface area contributed by atoms with Crippen LogP contribution in [0.3, 0.4) is 0 Å². The number of rotatable bonds is 4. The van der Waals surface area contributed by atoms with Gasteiger partial charge in [-0.1, -0.05) is 97.1 Å². The van der Waals surface area contributed by atoms with E-state index in [1.54, 1.807) is 22.7 Å². The summed E-state index contributed by atoms with van der Waals surface area (Å²) in [6.45, 7) is 0. The van der Waals surface area contributed by atoms with Crippen molar-refractivity contribution in [2.75, 3.05) is 0 Å². The van der Waals surface area contributed by atoms with Crippen LogP contribution in [0.25, 0.3) is 52.4 Å². The quantitative estimate of drug-likeness (QED) is 0.206. The molecule has 0 atom stereocenters. The Hall–Kier alpha value is -4.90. The minimum absolute atomic E-state index is 0.660. The molecule has 0 saturated carbocycles. The molecule has 1 aliphatic rings. The second-order valence-electron chi connectivity index (χ2n) is 11.0. The predicted molar refractivity (Wildman–Crippen MR) is 181 cm³/mol. The number of benzene rings is 4. The summed E-state index contributed by atoms with van der Waals surface area (Å²) >= 11 is 3.58. The average Bonchev–Trinajstić information content (AvgIpc) is 3.78. The number of pyridine rings is 2. The molecular weight excluding hydrogens is 561 g/mol. The van der Waals surface area contributed by atoms with Crippen LogP contribution in [-0.4, -0.2) is 9.97 Å². The maximum Gasteiger partial charge on any atom is 0.106 e. The lowest BCUT2D eigenvalue weighted by molar-refractivity contribution is 0.708. The topological polar surface area (TPSA) is 25.8 Å². The van der Waals surface area contributed by atoms with Crippen molar-refractivity contribution in [2.45, 2.75) is 5.41 Å².